The molecule has 1 unspecified atom stereocenters. The highest BCUT2D eigenvalue weighted by Crippen LogP contribution is 2.25. The van der Waals surface area contributed by atoms with Crippen molar-refractivity contribution in [2.24, 2.45) is 0 Å². The summed E-state index contributed by atoms with van der Waals surface area (Å²) in [5.74, 6) is 1.79. The molecule has 23 heavy (non-hydrogen) atoms. The van der Waals surface area contributed by atoms with Gasteiger partial charge in [0.15, 0.2) is 0 Å². The number of unbranched alkanes of at least 4 members (excludes halogenated alkanes) is 1. The summed E-state index contributed by atoms with van der Waals surface area (Å²) in [7, 11) is 0.835. The number of rotatable bonds is 9. The van der Waals surface area contributed by atoms with E-state index in [0.29, 0.717) is 0 Å². The van der Waals surface area contributed by atoms with Crippen LogP contribution in [0.1, 0.15) is 30.4 Å². The van der Waals surface area contributed by atoms with E-state index in [9.17, 15) is 0 Å². The van der Waals surface area contributed by atoms with Crippen LogP contribution in [0.2, 0.25) is 0 Å². The van der Waals surface area contributed by atoms with Crippen LogP contribution < -0.4 is 9.47 Å². The molecule has 124 valence electrons. The van der Waals surface area contributed by atoms with Crippen molar-refractivity contribution in [3.63, 3.8) is 0 Å². The van der Waals surface area contributed by atoms with Gasteiger partial charge in [-0.25, -0.2) is 0 Å². The molecule has 2 rings (SSSR count). The highest BCUT2D eigenvalue weighted by atomic mass is 79.9. The van der Waals surface area contributed by atoms with Crippen LogP contribution in [0.4, 0.5) is 0 Å². The zero-order chi connectivity index (χ0) is 16.5. The minimum atomic E-state index is -0.254. The van der Waals surface area contributed by atoms with Gasteiger partial charge in [0.2, 0.25) is 6.29 Å². The molecule has 0 aliphatic carbocycles. The fraction of sp³-hybridized carbons (Fsp3) is 0.368. The number of aryl methyl sites for hydroxylation is 2. The average molecular weight is 395 g/mol. The number of halogens is 1. The molecule has 0 bridgehead atoms. The van der Waals surface area contributed by atoms with Crippen molar-refractivity contribution >= 4 is 22.8 Å². The van der Waals surface area contributed by atoms with E-state index in [-0.39, 0.29) is 6.29 Å². The lowest BCUT2D eigenvalue weighted by Gasteiger charge is -2.22. The molecule has 0 radical (unpaired) electrons. The fourth-order valence-corrected chi connectivity index (χ4v) is 3.53. The summed E-state index contributed by atoms with van der Waals surface area (Å²) in [4.78, 5) is 0. The van der Waals surface area contributed by atoms with Crippen LogP contribution in [0.3, 0.4) is 0 Å². The minimum absolute atomic E-state index is 0.254. The molecule has 0 amide bonds. The molecule has 0 heterocycles. The monoisotopic (exact) mass is 394 g/mol. The zero-order valence-electron chi connectivity index (χ0n) is 13.7. The largest absolute Gasteiger partial charge is 0.455 e. The third kappa shape index (κ3) is 6.16. The van der Waals surface area contributed by atoms with Gasteiger partial charge >= 0.3 is 0 Å². The normalized spacial score (nSPS) is 11.3. The van der Waals surface area contributed by atoms with Crippen molar-refractivity contribution < 1.29 is 9.47 Å². The first-order chi connectivity index (χ1) is 11.2. The molecule has 0 aromatic heterocycles. The maximum absolute atomic E-state index is 6.15. The van der Waals surface area contributed by atoms with Gasteiger partial charge in [0.25, 0.3) is 0 Å². The minimum Gasteiger partial charge on any atom is -0.455 e. The first-order valence-corrected chi connectivity index (χ1v) is 11.4. The lowest BCUT2D eigenvalue weighted by atomic mass is 10.2. The van der Waals surface area contributed by atoms with E-state index in [4.69, 9.17) is 9.47 Å². The van der Waals surface area contributed by atoms with Crippen molar-refractivity contribution in [2.45, 2.75) is 39.4 Å². The van der Waals surface area contributed by atoms with Crippen LogP contribution in [-0.4, -0.2) is 12.5 Å². The third-order valence-electron chi connectivity index (χ3n) is 3.67. The molecule has 2 aromatic rings. The molecule has 0 aliphatic rings. The second-order valence-electron chi connectivity index (χ2n) is 5.58. The summed E-state index contributed by atoms with van der Waals surface area (Å²) in [5.41, 5.74) is 2.26. The molecular weight excluding hydrogens is 371 g/mol. The third-order valence-corrected chi connectivity index (χ3v) is 5.40. The SMILES string of the molecule is Cc1ccccc1OC(CCCCPBr)Oc1ccccc1C. The second-order valence-corrected chi connectivity index (χ2v) is 8.03. The first kappa shape index (κ1) is 18.3. The Morgan fingerprint density at radius 1 is 0.870 bits per heavy atom. The predicted molar refractivity (Wildman–Crippen MR) is 103 cm³/mol. The number of hydrogen-bond acceptors (Lipinski definition) is 2. The maximum Gasteiger partial charge on any atom is 0.241 e. The lowest BCUT2D eigenvalue weighted by molar-refractivity contribution is -0.00304. The molecule has 2 nitrogen and oxygen atoms in total. The molecule has 0 fully saturated rings. The predicted octanol–water partition coefficient (Wildman–Crippen LogP) is 6.25. The summed E-state index contributed by atoms with van der Waals surface area (Å²) in [5, 5.41) is 0. The second kappa shape index (κ2) is 9.95. The van der Waals surface area contributed by atoms with Crippen molar-refractivity contribution in [3.8, 4) is 11.5 Å². The lowest BCUT2D eigenvalue weighted by Crippen LogP contribution is -2.24. The first-order valence-electron chi connectivity index (χ1n) is 7.99. The van der Waals surface area contributed by atoms with E-state index in [1.807, 2.05) is 36.4 Å². The van der Waals surface area contributed by atoms with Gasteiger partial charge in [-0.15, -0.1) is 0 Å². The maximum atomic E-state index is 6.15. The Balaban J connectivity index is 2.05. The van der Waals surface area contributed by atoms with Crippen LogP contribution in [0.25, 0.3) is 0 Å². The Kier molecular flexibility index (Phi) is 7.91. The van der Waals surface area contributed by atoms with E-state index in [1.165, 1.54) is 12.6 Å². The van der Waals surface area contributed by atoms with E-state index < -0.39 is 0 Å². The molecule has 0 saturated heterocycles. The Morgan fingerprint density at radius 2 is 1.39 bits per heavy atom. The quantitative estimate of drug-likeness (QED) is 0.284. The van der Waals surface area contributed by atoms with Gasteiger partial charge in [0.1, 0.15) is 11.5 Å². The standard InChI is InChI=1S/C19H24BrO2P/c1-15-9-3-5-11-17(15)21-19(13-7-8-14-23-20)22-18-12-6-4-10-16(18)2/h3-6,9-12,19,23H,7-8,13-14H2,1-2H3. The van der Waals surface area contributed by atoms with Crippen LogP contribution in [0.15, 0.2) is 48.5 Å². The summed E-state index contributed by atoms with van der Waals surface area (Å²) >= 11 is 3.51. The van der Waals surface area contributed by atoms with Crippen molar-refractivity contribution in [1.82, 2.24) is 0 Å². The zero-order valence-corrected chi connectivity index (χ0v) is 16.3. The van der Waals surface area contributed by atoms with Crippen molar-refractivity contribution in [3.05, 3.63) is 59.7 Å². The smallest absolute Gasteiger partial charge is 0.241 e. The Bertz CT molecular complexity index is 556. The average Bonchev–Trinajstić information content (AvgIpc) is 2.55. The topological polar surface area (TPSA) is 18.5 Å². The van der Waals surface area contributed by atoms with Gasteiger partial charge in [0, 0.05) is 6.42 Å². The molecule has 0 saturated carbocycles. The molecule has 0 aliphatic heterocycles. The molecule has 0 spiro atoms. The van der Waals surface area contributed by atoms with Gasteiger partial charge in [-0.05, 0) is 56.1 Å². The number of benzene rings is 2. The summed E-state index contributed by atoms with van der Waals surface area (Å²) in [6.07, 6.45) is 4.13. The van der Waals surface area contributed by atoms with Gasteiger partial charge in [-0.3, -0.25) is 0 Å². The Labute approximate surface area is 149 Å². The van der Waals surface area contributed by atoms with E-state index >= 15 is 0 Å². The van der Waals surface area contributed by atoms with Crippen LogP contribution in [0, 0.1) is 13.8 Å². The summed E-state index contributed by atoms with van der Waals surface area (Å²) < 4.78 is 12.3. The molecule has 2 aromatic carbocycles. The van der Waals surface area contributed by atoms with Gasteiger partial charge in [-0.1, -0.05) is 59.2 Å². The van der Waals surface area contributed by atoms with Gasteiger partial charge in [-0.2, -0.15) is 0 Å². The Morgan fingerprint density at radius 3 is 1.87 bits per heavy atom. The van der Waals surface area contributed by atoms with Crippen LogP contribution in [0.5, 0.6) is 11.5 Å². The van der Waals surface area contributed by atoms with Crippen LogP contribution in [-0.2, 0) is 0 Å². The molecule has 1 atom stereocenters. The van der Waals surface area contributed by atoms with Crippen molar-refractivity contribution in [2.75, 3.05) is 6.16 Å². The van der Waals surface area contributed by atoms with Gasteiger partial charge < -0.3 is 9.47 Å². The number of hydrogen-bond donors (Lipinski definition) is 0. The summed E-state index contributed by atoms with van der Waals surface area (Å²) in [6, 6.07) is 16.2. The van der Waals surface area contributed by atoms with Gasteiger partial charge in [0.05, 0.1) is 0 Å². The fourth-order valence-electron chi connectivity index (χ4n) is 2.31. The molecule has 4 heteroatoms. The summed E-state index contributed by atoms with van der Waals surface area (Å²) in [6.45, 7) is 4.12. The Hall–Kier alpha value is -1.05. The number of para-hydroxylation sites is 2. The molecular formula is C19H24BrO2P. The highest BCUT2D eigenvalue weighted by molar-refractivity contribution is 9.36. The van der Waals surface area contributed by atoms with E-state index in [0.717, 1.165) is 42.8 Å². The van der Waals surface area contributed by atoms with Crippen molar-refractivity contribution in [1.29, 1.82) is 0 Å². The van der Waals surface area contributed by atoms with Crippen LogP contribution >= 0.6 is 22.8 Å². The molecule has 0 N–H and O–H groups in total. The number of ether oxygens (including phenoxy) is 2. The van der Waals surface area contributed by atoms with E-state index in [1.54, 1.807) is 0 Å². The highest BCUT2D eigenvalue weighted by Gasteiger charge is 2.14. The van der Waals surface area contributed by atoms with E-state index in [2.05, 4.69) is 41.5 Å².